The van der Waals surface area contributed by atoms with Crippen LogP contribution in [-0.2, 0) is 19.9 Å². The lowest BCUT2D eigenvalue weighted by atomic mass is 10.2. The van der Waals surface area contributed by atoms with Gasteiger partial charge in [-0.1, -0.05) is 12.1 Å². The average molecular weight is 343 g/mol. The Labute approximate surface area is 132 Å². The van der Waals surface area contributed by atoms with Crippen LogP contribution in [0.2, 0.25) is 0 Å². The number of rotatable bonds is 4. The third kappa shape index (κ3) is 2.94. The van der Waals surface area contributed by atoms with Crippen LogP contribution in [-0.4, -0.2) is 44.7 Å². The monoisotopic (exact) mass is 343 g/mol. The van der Waals surface area contributed by atoms with Gasteiger partial charge in [0.2, 0.25) is 10.0 Å². The third-order valence-corrected chi connectivity index (χ3v) is 8.27. The standard InChI is InChI=1S/C15H21NO4S2/c1-11-3-4-12(2)15(9-11)22(19,20)16(13-5-6-13)14-7-8-21(17,18)10-14/h3-4,9,13-14H,5-8,10H2,1-2H3. The van der Waals surface area contributed by atoms with Crippen LogP contribution in [0.5, 0.6) is 0 Å². The highest BCUT2D eigenvalue weighted by atomic mass is 32.2. The van der Waals surface area contributed by atoms with Gasteiger partial charge in [0.25, 0.3) is 0 Å². The highest BCUT2D eigenvalue weighted by Gasteiger charge is 2.46. The SMILES string of the molecule is Cc1ccc(C)c(S(=O)(=O)N(C2CC2)C2CCS(=O)(=O)C2)c1. The van der Waals surface area contributed by atoms with Crippen LogP contribution in [0, 0.1) is 13.8 Å². The van der Waals surface area contributed by atoms with E-state index in [4.69, 9.17) is 0 Å². The smallest absolute Gasteiger partial charge is 0.229 e. The van der Waals surface area contributed by atoms with Gasteiger partial charge in [-0.3, -0.25) is 0 Å². The maximum Gasteiger partial charge on any atom is 0.243 e. The maximum absolute atomic E-state index is 13.1. The van der Waals surface area contributed by atoms with E-state index in [1.165, 1.54) is 4.31 Å². The Bertz CT molecular complexity index is 795. The number of sulfone groups is 1. The molecule has 1 aromatic rings. The molecule has 1 heterocycles. The van der Waals surface area contributed by atoms with Gasteiger partial charge in [0.05, 0.1) is 16.4 Å². The second kappa shape index (κ2) is 5.32. The summed E-state index contributed by atoms with van der Waals surface area (Å²) in [6, 6.07) is 4.92. The minimum absolute atomic E-state index is 0.0387. The third-order valence-electron chi connectivity index (χ3n) is 4.37. The maximum atomic E-state index is 13.1. The Kier molecular flexibility index (Phi) is 3.86. The number of sulfonamides is 1. The fourth-order valence-corrected chi connectivity index (χ4v) is 7.11. The van der Waals surface area contributed by atoms with Crippen molar-refractivity contribution in [3.05, 3.63) is 29.3 Å². The second-order valence-electron chi connectivity index (χ2n) is 6.39. The molecule has 0 aromatic heterocycles. The average Bonchev–Trinajstić information content (AvgIpc) is 3.16. The molecule has 3 rings (SSSR count). The van der Waals surface area contributed by atoms with Crippen molar-refractivity contribution in [2.45, 2.75) is 50.1 Å². The Morgan fingerprint density at radius 1 is 1.09 bits per heavy atom. The van der Waals surface area contributed by atoms with E-state index in [-0.39, 0.29) is 17.5 Å². The molecular formula is C15H21NO4S2. The van der Waals surface area contributed by atoms with E-state index in [0.717, 1.165) is 18.4 Å². The lowest BCUT2D eigenvalue weighted by Gasteiger charge is -2.28. The van der Waals surface area contributed by atoms with E-state index in [9.17, 15) is 16.8 Å². The van der Waals surface area contributed by atoms with Gasteiger partial charge in [-0.15, -0.1) is 0 Å². The molecular weight excluding hydrogens is 322 g/mol. The fraction of sp³-hybridized carbons (Fsp3) is 0.600. The normalized spacial score (nSPS) is 24.8. The number of benzene rings is 1. The van der Waals surface area contributed by atoms with Crippen molar-refractivity contribution in [2.24, 2.45) is 0 Å². The quantitative estimate of drug-likeness (QED) is 0.833. The van der Waals surface area contributed by atoms with E-state index in [0.29, 0.717) is 16.9 Å². The lowest BCUT2D eigenvalue weighted by molar-refractivity contribution is 0.332. The zero-order chi connectivity index (χ0) is 16.1. The summed E-state index contributed by atoms with van der Waals surface area (Å²) in [5.74, 6) is 0.0385. The first-order chi connectivity index (χ1) is 10.2. The molecule has 1 saturated heterocycles. The number of aryl methyl sites for hydroxylation is 2. The summed E-state index contributed by atoms with van der Waals surface area (Å²) in [6.07, 6.45) is 2.05. The van der Waals surface area contributed by atoms with Gasteiger partial charge in [0.1, 0.15) is 0 Å². The lowest BCUT2D eigenvalue weighted by Crippen LogP contribution is -2.42. The van der Waals surface area contributed by atoms with Crippen LogP contribution >= 0.6 is 0 Å². The van der Waals surface area contributed by atoms with Gasteiger partial charge < -0.3 is 0 Å². The number of hydrogen-bond donors (Lipinski definition) is 0. The number of nitrogens with zero attached hydrogens (tertiary/aromatic N) is 1. The van der Waals surface area contributed by atoms with Crippen molar-refractivity contribution in [3.8, 4) is 0 Å². The molecule has 2 aliphatic rings. The van der Waals surface area contributed by atoms with E-state index >= 15 is 0 Å². The Hall–Kier alpha value is -0.920. The van der Waals surface area contributed by atoms with Gasteiger partial charge in [-0.25, -0.2) is 16.8 Å². The van der Waals surface area contributed by atoms with E-state index < -0.39 is 25.9 Å². The van der Waals surface area contributed by atoms with Crippen LogP contribution < -0.4 is 0 Å². The van der Waals surface area contributed by atoms with E-state index in [1.54, 1.807) is 19.1 Å². The van der Waals surface area contributed by atoms with Gasteiger partial charge in [-0.2, -0.15) is 4.31 Å². The molecule has 0 radical (unpaired) electrons. The summed E-state index contributed by atoms with van der Waals surface area (Å²) < 4.78 is 51.2. The van der Waals surface area contributed by atoms with Crippen LogP contribution in [0.15, 0.2) is 23.1 Å². The molecule has 1 aromatic carbocycles. The highest BCUT2D eigenvalue weighted by Crippen LogP contribution is 2.37. The summed E-state index contributed by atoms with van der Waals surface area (Å²) >= 11 is 0. The van der Waals surface area contributed by atoms with Crippen molar-refractivity contribution in [2.75, 3.05) is 11.5 Å². The molecule has 1 aliphatic carbocycles. The molecule has 5 nitrogen and oxygen atoms in total. The molecule has 1 atom stereocenters. The molecule has 0 bridgehead atoms. The summed E-state index contributed by atoms with van der Waals surface area (Å²) in [5, 5.41) is 0. The predicted octanol–water partition coefficient (Wildman–Crippen LogP) is 1.64. The molecule has 7 heteroatoms. The molecule has 2 fully saturated rings. The second-order valence-corrected chi connectivity index (χ2v) is 10.4. The molecule has 1 aliphatic heterocycles. The van der Waals surface area contributed by atoms with Gasteiger partial charge in [0, 0.05) is 12.1 Å². The summed E-state index contributed by atoms with van der Waals surface area (Å²) in [6.45, 7) is 3.64. The predicted molar refractivity (Wildman–Crippen MR) is 85.0 cm³/mol. The molecule has 122 valence electrons. The van der Waals surface area contributed by atoms with Crippen LogP contribution in [0.1, 0.15) is 30.4 Å². The minimum Gasteiger partial charge on any atom is -0.229 e. The Morgan fingerprint density at radius 2 is 1.77 bits per heavy atom. The van der Waals surface area contributed by atoms with Crippen molar-refractivity contribution in [1.29, 1.82) is 0 Å². The first-order valence-electron chi connectivity index (χ1n) is 7.52. The van der Waals surface area contributed by atoms with Gasteiger partial charge >= 0.3 is 0 Å². The van der Waals surface area contributed by atoms with Crippen molar-refractivity contribution < 1.29 is 16.8 Å². The van der Waals surface area contributed by atoms with E-state index in [2.05, 4.69) is 0 Å². The molecule has 1 saturated carbocycles. The summed E-state index contributed by atoms with van der Waals surface area (Å²) in [4.78, 5) is 0.309. The van der Waals surface area contributed by atoms with Crippen molar-refractivity contribution in [1.82, 2.24) is 4.31 Å². The number of hydrogen-bond acceptors (Lipinski definition) is 4. The van der Waals surface area contributed by atoms with Crippen molar-refractivity contribution >= 4 is 19.9 Å². The van der Waals surface area contributed by atoms with E-state index in [1.807, 2.05) is 13.0 Å². The zero-order valence-corrected chi connectivity index (χ0v) is 14.5. The largest absolute Gasteiger partial charge is 0.243 e. The van der Waals surface area contributed by atoms with Crippen LogP contribution in [0.25, 0.3) is 0 Å². The molecule has 0 spiro atoms. The van der Waals surface area contributed by atoms with Crippen LogP contribution in [0.4, 0.5) is 0 Å². The molecule has 0 N–H and O–H groups in total. The molecule has 1 unspecified atom stereocenters. The van der Waals surface area contributed by atoms with Crippen LogP contribution in [0.3, 0.4) is 0 Å². The van der Waals surface area contributed by atoms with Gasteiger partial charge in [0.15, 0.2) is 9.84 Å². The van der Waals surface area contributed by atoms with Crippen molar-refractivity contribution in [3.63, 3.8) is 0 Å². The first-order valence-corrected chi connectivity index (χ1v) is 10.8. The summed E-state index contributed by atoms with van der Waals surface area (Å²) in [5.41, 5.74) is 1.59. The fourth-order valence-electron chi connectivity index (χ4n) is 3.09. The Morgan fingerprint density at radius 3 is 2.32 bits per heavy atom. The Balaban J connectivity index is 2.02. The molecule has 22 heavy (non-hydrogen) atoms. The topological polar surface area (TPSA) is 71.5 Å². The molecule has 0 amide bonds. The zero-order valence-electron chi connectivity index (χ0n) is 12.8. The summed E-state index contributed by atoms with van der Waals surface area (Å²) in [7, 11) is -6.77. The van der Waals surface area contributed by atoms with Gasteiger partial charge in [-0.05, 0) is 50.3 Å². The highest BCUT2D eigenvalue weighted by molar-refractivity contribution is 7.92. The minimum atomic E-state index is -3.66. The first kappa shape index (κ1) is 16.0.